The molecule has 2 rings (SSSR count). The van der Waals surface area contributed by atoms with Crippen molar-refractivity contribution in [3.63, 3.8) is 0 Å². The van der Waals surface area contributed by atoms with Crippen LogP contribution in [-0.2, 0) is 19.3 Å². The van der Waals surface area contributed by atoms with Crippen LogP contribution in [0.1, 0.15) is 55.4 Å². The van der Waals surface area contributed by atoms with Gasteiger partial charge in [0, 0.05) is 0 Å². The molecule has 0 nitrogen and oxygen atoms in total. The van der Waals surface area contributed by atoms with E-state index in [1.54, 1.807) is 6.07 Å². The molecule has 0 fully saturated rings. The highest BCUT2D eigenvalue weighted by Gasteiger charge is 2.03. The van der Waals surface area contributed by atoms with Gasteiger partial charge in [-0.05, 0) is 54.0 Å². The standard InChI is InChI=1S/C22H27F/c1-3-5-6-8-20-14-16-21(22(23)17-20)15-13-19-11-9-18(7-4-2)10-12-19/h6,8-12,14,16-17H,3-5,7,13,15H2,1-2H3. The molecule has 0 radical (unpaired) electrons. The number of unbranched alkanes of at least 4 members (excludes halogenated alkanes) is 1. The zero-order valence-corrected chi connectivity index (χ0v) is 14.3. The molecule has 0 aromatic heterocycles. The summed E-state index contributed by atoms with van der Waals surface area (Å²) in [5, 5.41) is 0. The van der Waals surface area contributed by atoms with Crippen molar-refractivity contribution in [2.24, 2.45) is 0 Å². The van der Waals surface area contributed by atoms with Gasteiger partial charge in [0.2, 0.25) is 0 Å². The number of halogens is 1. The molecule has 1 heteroatoms. The minimum absolute atomic E-state index is 0.0914. The maximum atomic E-state index is 14.2. The Morgan fingerprint density at radius 3 is 2.13 bits per heavy atom. The van der Waals surface area contributed by atoms with E-state index in [2.05, 4.69) is 44.2 Å². The molecule has 0 spiro atoms. The lowest BCUT2D eigenvalue weighted by molar-refractivity contribution is 0.608. The van der Waals surface area contributed by atoms with E-state index in [1.807, 2.05) is 18.2 Å². The fourth-order valence-electron chi connectivity index (χ4n) is 2.70. The summed E-state index contributed by atoms with van der Waals surface area (Å²) in [6, 6.07) is 14.3. The second-order valence-corrected chi connectivity index (χ2v) is 6.11. The van der Waals surface area contributed by atoms with Crippen molar-refractivity contribution in [3.05, 3.63) is 76.6 Å². The lowest BCUT2D eigenvalue weighted by Gasteiger charge is -2.06. The van der Waals surface area contributed by atoms with Gasteiger partial charge in [-0.15, -0.1) is 0 Å². The molecule has 0 amide bonds. The Kier molecular flexibility index (Phi) is 7.06. The highest BCUT2D eigenvalue weighted by Crippen LogP contribution is 2.16. The Morgan fingerprint density at radius 1 is 0.826 bits per heavy atom. The Balaban J connectivity index is 1.94. The van der Waals surface area contributed by atoms with Gasteiger partial charge in [0.15, 0.2) is 0 Å². The van der Waals surface area contributed by atoms with Gasteiger partial charge in [-0.25, -0.2) is 4.39 Å². The predicted octanol–water partition coefficient (Wildman–Crippen LogP) is 6.38. The SMILES string of the molecule is CCCC=Cc1ccc(CCc2ccc(CCC)cc2)c(F)c1. The monoisotopic (exact) mass is 310 g/mol. The molecule has 0 aliphatic heterocycles. The molecule has 23 heavy (non-hydrogen) atoms. The van der Waals surface area contributed by atoms with Crippen LogP contribution in [0.3, 0.4) is 0 Å². The van der Waals surface area contributed by atoms with Gasteiger partial charge < -0.3 is 0 Å². The number of rotatable bonds is 8. The van der Waals surface area contributed by atoms with Crippen LogP contribution in [0.5, 0.6) is 0 Å². The average molecular weight is 310 g/mol. The van der Waals surface area contributed by atoms with Crippen molar-refractivity contribution in [1.82, 2.24) is 0 Å². The first-order chi connectivity index (χ1) is 11.2. The van der Waals surface area contributed by atoms with Crippen LogP contribution in [0.25, 0.3) is 6.08 Å². The highest BCUT2D eigenvalue weighted by molar-refractivity contribution is 5.50. The van der Waals surface area contributed by atoms with E-state index in [-0.39, 0.29) is 5.82 Å². The maximum Gasteiger partial charge on any atom is 0.127 e. The first kappa shape index (κ1) is 17.5. The lowest BCUT2D eigenvalue weighted by Crippen LogP contribution is -1.96. The minimum Gasteiger partial charge on any atom is -0.207 e. The van der Waals surface area contributed by atoms with E-state index >= 15 is 0 Å². The summed E-state index contributed by atoms with van der Waals surface area (Å²) < 4.78 is 14.2. The fraction of sp³-hybridized carbons (Fsp3) is 0.364. The second-order valence-electron chi connectivity index (χ2n) is 6.11. The zero-order valence-electron chi connectivity index (χ0n) is 14.3. The van der Waals surface area contributed by atoms with Crippen LogP contribution in [0.15, 0.2) is 48.5 Å². The summed E-state index contributed by atoms with van der Waals surface area (Å²) >= 11 is 0. The van der Waals surface area contributed by atoms with Gasteiger partial charge in [0.25, 0.3) is 0 Å². The topological polar surface area (TPSA) is 0 Å². The van der Waals surface area contributed by atoms with Crippen LogP contribution in [-0.4, -0.2) is 0 Å². The Hall–Kier alpha value is -1.89. The molecule has 0 aliphatic rings. The average Bonchev–Trinajstić information content (AvgIpc) is 2.56. The molecule has 0 atom stereocenters. The van der Waals surface area contributed by atoms with Crippen molar-refractivity contribution in [3.8, 4) is 0 Å². The quantitative estimate of drug-likeness (QED) is 0.531. The number of benzene rings is 2. The van der Waals surface area contributed by atoms with Gasteiger partial charge in [-0.3, -0.25) is 0 Å². The third kappa shape index (κ3) is 5.67. The van der Waals surface area contributed by atoms with Crippen molar-refractivity contribution in [2.75, 3.05) is 0 Å². The van der Waals surface area contributed by atoms with E-state index in [1.165, 1.54) is 17.5 Å². The summed E-state index contributed by atoms with van der Waals surface area (Å²) in [5.41, 5.74) is 4.40. The summed E-state index contributed by atoms with van der Waals surface area (Å²) in [5.74, 6) is -0.0914. The first-order valence-electron chi connectivity index (χ1n) is 8.75. The molecule has 2 aromatic rings. The summed E-state index contributed by atoms with van der Waals surface area (Å²) in [6.07, 6.45) is 10.2. The molecule has 0 saturated heterocycles. The van der Waals surface area contributed by atoms with Crippen LogP contribution < -0.4 is 0 Å². The third-order valence-corrected chi connectivity index (χ3v) is 4.09. The van der Waals surface area contributed by atoms with E-state index in [0.717, 1.165) is 43.2 Å². The smallest absolute Gasteiger partial charge is 0.127 e. The molecule has 0 unspecified atom stereocenters. The molecule has 0 bridgehead atoms. The Labute approximate surface area is 140 Å². The van der Waals surface area contributed by atoms with Gasteiger partial charge in [-0.2, -0.15) is 0 Å². The lowest BCUT2D eigenvalue weighted by atomic mass is 10.0. The second kappa shape index (κ2) is 9.29. The number of hydrogen-bond acceptors (Lipinski definition) is 0. The normalized spacial score (nSPS) is 11.3. The Morgan fingerprint density at radius 2 is 1.52 bits per heavy atom. The molecule has 0 saturated carbocycles. The van der Waals surface area contributed by atoms with E-state index in [4.69, 9.17) is 0 Å². The molecule has 2 aromatic carbocycles. The van der Waals surface area contributed by atoms with Crippen LogP contribution >= 0.6 is 0 Å². The summed E-state index contributed by atoms with van der Waals surface area (Å²) in [6.45, 7) is 4.33. The molecule has 0 aliphatic carbocycles. The van der Waals surface area contributed by atoms with E-state index in [0.29, 0.717) is 0 Å². The van der Waals surface area contributed by atoms with Crippen molar-refractivity contribution in [2.45, 2.75) is 52.4 Å². The maximum absolute atomic E-state index is 14.2. The largest absolute Gasteiger partial charge is 0.207 e. The molecule has 0 heterocycles. The first-order valence-corrected chi connectivity index (χ1v) is 8.75. The predicted molar refractivity (Wildman–Crippen MR) is 98.2 cm³/mol. The van der Waals surface area contributed by atoms with E-state index in [9.17, 15) is 4.39 Å². The van der Waals surface area contributed by atoms with Crippen LogP contribution in [0, 0.1) is 5.82 Å². The van der Waals surface area contributed by atoms with Gasteiger partial charge in [0.05, 0.1) is 0 Å². The number of hydrogen-bond donors (Lipinski definition) is 0. The van der Waals surface area contributed by atoms with Crippen molar-refractivity contribution in [1.29, 1.82) is 0 Å². The van der Waals surface area contributed by atoms with Crippen molar-refractivity contribution >= 4 is 6.08 Å². The van der Waals surface area contributed by atoms with Crippen molar-refractivity contribution < 1.29 is 4.39 Å². The minimum atomic E-state index is -0.0914. The third-order valence-electron chi connectivity index (χ3n) is 4.09. The molecule has 122 valence electrons. The van der Waals surface area contributed by atoms with Crippen LogP contribution in [0.2, 0.25) is 0 Å². The van der Waals surface area contributed by atoms with Gasteiger partial charge in [0.1, 0.15) is 5.82 Å². The van der Waals surface area contributed by atoms with Gasteiger partial charge in [-0.1, -0.05) is 75.2 Å². The Bertz CT molecular complexity index is 623. The van der Waals surface area contributed by atoms with Gasteiger partial charge >= 0.3 is 0 Å². The summed E-state index contributed by atoms with van der Waals surface area (Å²) in [7, 11) is 0. The van der Waals surface area contributed by atoms with Crippen LogP contribution in [0.4, 0.5) is 4.39 Å². The number of aryl methyl sites for hydroxylation is 3. The molecular formula is C22H27F. The van der Waals surface area contributed by atoms with E-state index < -0.39 is 0 Å². The zero-order chi connectivity index (χ0) is 16.5. The fourth-order valence-corrected chi connectivity index (χ4v) is 2.70. The molecule has 0 N–H and O–H groups in total. The summed E-state index contributed by atoms with van der Waals surface area (Å²) in [4.78, 5) is 0. The highest BCUT2D eigenvalue weighted by atomic mass is 19.1. The molecular weight excluding hydrogens is 283 g/mol. The number of allylic oxidation sites excluding steroid dienone is 1.